The molecule has 0 aliphatic carbocycles. The average molecular weight is 196 g/mol. The van der Waals surface area contributed by atoms with Crippen molar-refractivity contribution in [3.8, 4) is 12.3 Å². The first kappa shape index (κ1) is 10.5. The standard InChI is InChI=1S/C9H12N2O3/c1-2-3-10-8(12)6-11-4-7(5-11)9(13)14/h1,7H,3-6H2,(H,10,12)(H,13,14). The summed E-state index contributed by atoms with van der Waals surface area (Å²) in [5.41, 5.74) is 0. The molecule has 1 heterocycles. The van der Waals surface area contributed by atoms with Crippen molar-refractivity contribution in [3.05, 3.63) is 0 Å². The van der Waals surface area contributed by atoms with Crippen molar-refractivity contribution in [1.82, 2.24) is 10.2 Å². The highest BCUT2D eigenvalue weighted by Crippen LogP contribution is 2.14. The molecule has 0 saturated carbocycles. The van der Waals surface area contributed by atoms with Crippen LogP contribution >= 0.6 is 0 Å². The van der Waals surface area contributed by atoms with Crippen LogP contribution in [0.5, 0.6) is 0 Å². The van der Waals surface area contributed by atoms with Gasteiger partial charge in [0.15, 0.2) is 0 Å². The molecule has 1 fully saturated rings. The van der Waals surface area contributed by atoms with E-state index in [4.69, 9.17) is 11.5 Å². The van der Waals surface area contributed by atoms with E-state index in [1.54, 1.807) is 4.90 Å². The van der Waals surface area contributed by atoms with E-state index in [0.29, 0.717) is 13.1 Å². The summed E-state index contributed by atoms with van der Waals surface area (Å²) >= 11 is 0. The molecule has 1 aliphatic rings. The number of hydrogen-bond acceptors (Lipinski definition) is 3. The van der Waals surface area contributed by atoms with Crippen LogP contribution in [-0.2, 0) is 9.59 Å². The van der Waals surface area contributed by atoms with Gasteiger partial charge in [0.25, 0.3) is 0 Å². The number of amides is 1. The summed E-state index contributed by atoms with van der Waals surface area (Å²) in [7, 11) is 0. The smallest absolute Gasteiger partial charge is 0.309 e. The quantitative estimate of drug-likeness (QED) is 0.551. The summed E-state index contributed by atoms with van der Waals surface area (Å²) in [6.07, 6.45) is 4.96. The second-order valence-electron chi connectivity index (χ2n) is 3.21. The number of carbonyl (C=O) groups excluding carboxylic acids is 1. The Morgan fingerprint density at radius 3 is 2.71 bits per heavy atom. The third kappa shape index (κ3) is 2.75. The van der Waals surface area contributed by atoms with Gasteiger partial charge in [0.2, 0.25) is 5.91 Å². The maximum Gasteiger partial charge on any atom is 0.309 e. The second kappa shape index (κ2) is 4.63. The average Bonchev–Trinajstić information content (AvgIpc) is 2.06. The van der Waals surface area contributed by atoms with Gasteiger partial charge in [-0.1, -0.05) is 5.92 Å². The third-order valence-electron chi connectivity index (χ3n) is 2.06. The largest absolute Gasteiger partial charge is 0.481 e. The van der Waals surface area contributed by atoms with E-state index in [0.717, 1.165) is 0 Å². The third-order valence-corrected chi connectivity index (χ3v) is 2.06. The molecule has 5 heteroatoms. The Kier molecular flexibility index (Phi) is 3.48. The minimum absolute atomic E-state index is 0.160. The van der Waals surface area contributed by atoms with E-state index in [-0.39, 0.29) is 24.9 Å². The van der Waals surface area contributed by atoms with Gasteiger partial charge in [0.1, 0.15) is 0 Å². The van der Waals surface area contributed by atoms with Crippen LogP contribution < -0.4 is 5.32 Å². The number of terminal acetylenes is 1. The number of nitrogens with zero attached hydrogens (tertiary/aromatic N) is 1. The number of aliphatic carboxylic acids is 1. The van der Waals surface area contributed by atoms with E-state index in [2.05, 4.69) is 11.2 Å². The number of carbonyl (C=O) groups is 2. The van der Waals surface area contributed by atoms with Crippen LogP contribution in [0.2, 0.25) is 0 Å². The zero-order valence-corrected chi connectivity index (χ0v) is 7.69. The van der Waals surface area contributed by atoms with Gasteiger partial charge in [-0.2, -0.15) is 0 Å². The molecule has 14 heavy (non-hydrogen) atoms. The predicted molar refractivity (Wildman–Crippen MR) is 49.4 cm³/mol. The number of carboxylic acids is 1. The molecule has 0 radical (unpaired) electrons. The van der Waals surface area contributed by atoms with E-state index in [9.17, 15) is 9.59 Å². The van der Waals surface area contributed by atoms with Crippen LogP contribution in [0.25, 0.3) is 0 Å². The fourth-order valence-corrected chi connectivity index (χ4v) is 1.26. The van der Waals surface area contributed by atoms with Gasteiger partial charge < -0.3 is 10.4 Å². The molecular weight excluding hydrogens is 184 g/mol. The summed E-state index contributed by atoms with van der Waals surface area (Å²) in [5, 5.41) is 11.1. The highest BCUT2D eigenvalue weighted by atomic mass is 16.4. The first-order valence-corrected chi connectivity index (χ1v) is 4.29. The molecule has 1 amide bonds. The molecule has 0 atom stereocenters. The summed E-state index contributed by atoms with van der Waals surface area (Å²) in [5.74, 6) is 1.01. The maximum atomic E-state index is 11.1. The Labute approximate surface area is 82.1 Å². The first-order valence-electron chi connectivity index (χ1n) is 4.29. The van der Waals surface area contributed by atoms with Crippen molar-refractivity contribution in [2.75, 3.05) is 26.2 Å². The molecular formula is C9H12N2O3. The molecule has 0 aromatic carbocycles. The molecule has 5 nitrogen and oxygen atoms in total. The van der Waals surface area contributed by atoms with Crippen molar-refractivity contribution >= 4 is 11.9 Å². The minimum Gasteiger partial charge on any atom is -0.481 e. The van der Waals surface area contributed by atoms with Crippen molar-refractivity contribution in [2.24, 2.45) is 5.92 Å². The molecule has 76 valence electrons. The van der Waals surface area contributed by atoms with E-state index in [1.165, 1.54) is 0 Å². The lowest BCUT2D eigenvalue weighted by Gasteiger charge is -2.35. The van der Waals surface area contributed by atoms with E-state index >= 15 is 0 Å². The van der Waals surface area contributed by atoms with Gasteiger partial charge in [0.05, 0.1) is 19.0 Å². The van der Waals surface area contributed by atoms with Gasteiger partial charge >= 0.3 is 5.97 Å². The van der Waals surface area contributed by atoms with Crippen molar-refractivity contribution in [2.45, 2.75) is 0 Å². The number of likely N-dealkylation sites (tertiary alicyclic amines) is 1. The van der Waals surface area contributed by atoms with Gasteiger partial charge in [-0.25, -0.2) is 0 Å². The summed E-state index contributed by atoms with van der Waals surface area (Å²) < 4.78 is 0. The van der Waals surface area contributed by atoms with Crippen molar-refractivity contribution in [1.29, 1.82) is 0 Å². The summed E-state index contributed by atoms with van der Waals surface area (Å²) in [6.45, 7) is 1.33. The van der Waals surface area contributed by atoms with Crippen LogP contribution in [-0.4, -0.2) is 48.1 Å². The zero-order chi connectivity index (χ0) is 10.6. The molecule has 1 aliphatic heterocycles. The Morgan fingerprint density at radius 2 is 2.21 bits per heavy atom. The number of carboxylic acid groups (broad SMARTS) is 1. The lowest BCUT2D eigenvalue weighted by atomic mass is 10.0. The Hall–Kier alpha value is -1.54. The van der Waals surface area contributed by atoms with Crippen molar-refractivity contribution < 1.29 is 14.7 Å². The molecule has 0 unspecified atom stereocenters. The maximum absolute atomic E-state index is 11.1. The van der Waals surface area contributed by atoms with E-state index in [1.807, 2.05) is 0 Å². The molecule has 0 aromatic rings. The number of nitrogens with one attached hydrogen (secondary N) is 1. The number of hydrogen-bond donors (Lipinski definition) is 2. The van der Waals surface area contributed by atoms with Crippen LogP contribution in [0.4, 0.5) is 0 Å². The lowest BCUT2D eigenvalue weighted by molar-refractivity contribution is -0.148. The normalized spacial score (nSPS) is 16.8. The fourth-order valence-electron chi connectivity index (χ4n) is 1.26. The molecule has 1 saturated heterocycles. The first-order chi connectivity index (χ1) is 6.63. The molecule has 1 rings (SSSR count). The van der Waals surface area contributed by atoms with Gasteiger partial charge in [-0.05, 0) is 0 Å². The minimum atomic E-state index is -0.801. The number of rotatable bonds is 4. The Morgan fingerprint density at radius 1 is 1.57 bits per heavy atom. The van der Waals surface area contributed by atoms with Gasteiger partial charge in [-0.3, -0.25) is 14.5 Å². The predicted octanol–water partition coefficient (Wildman–Crippen LogP) is -1.25. The molecule has 0 aromatic heterocycles. The zero-order valence-electron chi connectivity index (χ0n) is 7.69. The highest BCUT2D eigenvalue weighted by molar-refractivity contribution is 5.79. The second-order valence-corrected chi connectivity index (χ2v) is 3.21. The Balaban J connectivity index is 2.14. The van der Waals surface area contributed by atoms with Crippen LogP contribution in [0, 0.1) is 18.3 Å². The van der Waals surface area contributed by atoms with Crippen molar-refractivity contribution in [3.63, 3.8) is 0 Å². The lowest BCUT2D eigenvalue weighted by Crippen LogP contribution is -2.53. The fraction of sp³-hybridized carbons (Fsp3) is 0.556. The monoisotopic (exact) mass is 196 g/mol. The topological polar surface area (TPSA) is 69.6 Å². The van der Waals surface area contributed by atoms with Crippen LogP contribution in [0.1, 0.15) is 0 Å². The Bertz CT molecular complexity index is 276. The molecule has 0 bridgehead atoms. The molecule has 0 spiro atoms. The molecule has 2 N–H and O–H groups in total. The van der Waals surface area contributed by atoms with Gasteiger partial charge in [0, 0.05) is 13.1 Å². The van der Waals surface area contributed by atoms with Gasteiger partial charge in [-0.15, -0.1) is 6.42 Å². The van der Waals surface area contributed by atoms with Crippen LogP contribution in [0.3, 0.4) is 0 Å². The SMILES string of the molecule is C#CCNC(=O)CN1CC(C(=O)O)C1. The summed E-state index contributed by atoms with van der Waals surface area (Å²) in [6, 6.07) is 0. The highest BCUT2D eigenvalue weighted by Gasteiger charge is 2.33. The van der Waals surface area contributed by atoms with E-state index < -0.39 is 5.97 Å². The summed E-state index contributed by atoms with van der Waals surface area (Å²) in [4.78, 5) is 23.3. The van der Waals surface area contributed by atoms with Crippen LogP contribution in [0.15, 0.2) is 0 Å².